The molecule has 0 aliphatic heterocycles. The molecular formula is C15H22F3NO2. The van der Waals surface area contributed by atoms with Crippen LogP contribution >= 0.6 is 0 Å². The topological polar surface area (TPSA) is 30.5 Å². The molecule has 0 bridgehead atoms. The predicted molar refractivity (Wildman–Crippen MR) is 75.6 cm³/mol. The molecule has 0 aliphatic rings. The highest BCUT2D eigenvalue weighted by Gasteiger charge is 2.31. The Balaban J connectivity index is 2.57. The van der Waals surface area contributed by atoms with Crippen LogP contribution in [0.1, 0.15) is 34.1 Å². The van der Waals surface area contributed by atoms with E-state index in [4.69, 9.17) is 4.74 Å². The Morgan fingerprint density at radius 2 is 1.57 bits per heavy atom. The van der Waals surface area contributed by atoms with Crippen molar-refractivity contribution in [1.29, 1.82) is 0 Å². The number of alkyl halides is 3. The Labute approximate surface area is 123 Å². The lowest BCUT2D eigenvalue weighted by atomic mass is 10.1. The number of hydrogen-bond donors (Lipinski definition) is 1. The fourth-order valence-corrected chi connectivity index (χ4v) is 1.60. The summed E-state index contributed by atoms with van der Waals surface area (Å²) in [6, 6.07) is 5.43. The molecule has 21 heavy (non-hydrogen) atoms. The largest absolute Gasteiger partial charge is 0.573 e. The lowest BCUT2D eigenvalue weighted by Gasteiger charge is -2.25. The van der Waals surface area contributed by atoms with Gasteiger partial charge in [-0.25, -0.2) is 0 Å². The van der Waals surface area contributed by atoms with E-state index in [-0.39, 0.29) is 17.4 Å². The Hall–Kier alpha value is -1.43. The van der Waals surface area contributed by atoms with Crippen LogP contribution < -0.4 is 14.8 Å². The van der Waals surface area contributed by atoms with Gasteiger partial charge in [0.2, 0.25) is 0 Å². The zero-order valence-electron chi connectivity index (χ0n) is 12.8. The van der Waals surface area contributed by atoms with E-state index < -0.39 is 6.36 Å². The van der Waals surface area contributed by atoms with Gasteiger partial charge in [-0.15, -0.1) is 13.2 Å². The van der Waals surface area contributed by atoms with Crippen molar-refractivity contribution in [2.45, 2.75) is 52.1 Å². The maximum Gasteiger partial charge on any atom is 0.573 e. The van der Waals surface area contributed by atoms with Gasteiger partial charge in [-0.3, -0.25) is 0 Å². The number of hydrogen-bond acceptors (Lipinski definition) is 3. The molecule has 0 amide bonds. The summed E-state index contributed by atoms with van der Waals surface area (Å²) in [7, 11) is 0. The molecular weight excluding hydrogens is 283 g/mol. The van der Waals surface area contributed by atoms with Crippen LogP contribution in [0.15, 0.2) is 24.3 Å². The van der Waals surface area contributed by atoms with Gasteiger partial charge in [0.05, 0.1) is 0 Å². The Morgan fingerprint density at radius 3 is 2.00 bits per heavy atom. The predicted octanol–water partition coefficient (Wildman–Crippen LogP) is 4.13. The average Bonchev–Trinajstić information content (AvgIpc) is 2.33. The summed E-state index contributed by atoms with van der Waals surface area (Å²) in [6.45, 7) is 8.84. The Morgan fingerprint density at radius 1 is 1.05 bits per heavy atom. The summed E-state index contributed by atoms with van der Waals surface area (Å²) in [5.74, 6) is 0.266. The van der Waals surface area contributed by atoms with Crippen LogP contribution in [0.3, 0.4) is 0 Å². The van der Waals surface area contributed by atoms with E-state index in [1.807, 2.05) is 6.92 Å². The SMILES string of the molecule is CCC(CNC(C)(C)C)Oc1ccc(OC(F)(F)F)cc1. The standard InChI is InChI=1S/C15H22F3NO2/c1-5-11(10-19-14(2,3)4)20-12-6-8-13(9-7-12)21-15(16,17)18/h6-9,11,19H,5,10H2,1-4H3. The number of benzene rings is 1. The minimum atomic E-state index is -4.68. The Bertz CT molecular complexity index is 424. The molecule has 1 atom stereocenters. The molecule has 3 nitrogen and oxygen atoms in total. The summed E-state index contributed by atoms with van der Waals surface area (Å²) in [6.07, 6.45) is -3.92. The Kier molecular flexibility index (Phi) is 5.89. The molecule has 1 aromatic rings. The molecule has 0 aliphatic carbocycles. The van der Waals surface area contributed by atoms with Crippen molar-refractivity contribution in [2.24, 2.45) is 0 Å². The first-order valence-corrected chi connectivity index (χ1v) is 6.86. The number of halogens is 3. The second-order valence-electron chi connectivity index (χ2n) is 5.80. The molecule has 0 heterocycles. The molecule has 0 fully saturated rings. The highest BCUT2D eigenvalue weighted by Crippen LogP contribution is 2.25. The van der Waals surface area contributed by atoms with Crippen LogP contribution in [0.4, 0.5) is 13.2 Å². The van der Waals surface area contributed by atoms with E-state index in [0.717, 1.165) is 6.42 Å². The van der Waals surface area contributed by atoms with E-state index >= 15 is 0 Å². The molecule has 0 aromatic heterocycles. The molecule has 1 aromatic carbocycles. The van der Waals surface area contributed by atoms with Crippen molar-refractivity contribution < 1.29 is 22.6 Å². The molecule has 1 N–H and O–H groups in total. The van der Waals surface area contributed by atoms with E-state index in [1.54, 1.807) is 0 Å². The highest BCUT2D eigenvalue weighted by atomic mass is 19.4. The fraction of sp³-hybridized carbons (Fsp3) is 0.600. The normalized spacial score (nSPS) is 13.9. The van der Waals surface area contributed by atoms with Crippen LogP contribution in [-0.4, -0.2) is 24.6 Å². The van der Waals surface area contributed by atoms with Gasteiger partial charge in [0.15, 0.2) is 0 Å². The molecule has 0 saturated carbocycles. The van der Waals surface area contributed by atoms with Gasteiger partial charge >= 0.3 is 6.36 Å². The first-order chi connectivity index (χ1) is 9.59. The van der Waals surface area contributed by atoms with Crippen LogP contribution in [0.2, 0.25) is 0 Å². The van der Waals surface area contributed by atoms with Gasteiger partial charge in [-0.05, 0) is 51.5 Å². The summed E-state index contributed by atoms with van der Waals surface area (Å²) >= 11 is 0. The third-order valence-corrected chi connectivity index (χ3v) is 2.68. The third-order valence-electron chi connectivity index (χ3n) is 2.68. The maximum absolute atomic E-state index is 12.1. The summed E-state index contributed by atoms with van der Waals surface area (Å²) < 4.78 is 45.7. The third kappa shape index (κ3) is 7.80. The van der Waals surface area contributed by atoms with Crippen molar-refractivity contribution in [2.75, 3.05) is 6.54 Å². The smallest absolute Gasteiger partial charge is 0.489 e. The summed E-state index contributed by atoms with van der Waals surface area (Å²) in [5, 5.41) is 3.34. The molecule has 0 radical (unpaired) electrons. The van der Waals surface area contributed by atoms with Crippen LogP contribution in [0, 0.1) is 0 Å². The molecule has 0 spiro atoms. The van der Waals surface area contributed by atoms with Crippen LogP contribution in [0.5, 0.6) is 11.5 Å². The van der Waals surface area contributed by atoms with Gasteiger partial charge in [0.1, 0.15) is 17.6 Å². The highest BCUT2D eigenvalue weighted by molar-refractivity contribution is 5.31. The lowest BCUT2D eigenvalue weighted by molar-refractivity contribution is -0.274. The average molecular weight is 305 g/mol. The zero-order valence-corrected chi connectivity index (χ0v) is 12.8. The zero-order chi connectivity index (χ0) is 16.1. The van der Waals surface area contributed by atoms with E-state index in [2.05, 4.69) is 30.8 Å². The molecule has 1 rings (SSSR count). The van der Waals surface area contributed by atoms with Crippen molar-refractivity contribution in [3.63, 3.8) is 0 Å². The number of ether oxygens (including phenoxy) is 2. The monoisotopic (exact) mass is 305 g/mol. The summed E-state index contributed by atoms with van der Waals surface area (Å²) in [4.78, 5) is 0. The van der Waals surface area contributed by atoms with Crippen molar-refractivity contribution in [3.8, 4) is 11.5 Å². The van der Waals surface area contributed by atoms with E-state index in [0.29, 0.717) is 12.3 Å². The summed E-state index contributed by atoms with van der Waals surface area (Å²) in [5.41, 5.74) is -0.0127. The molecule has 0 saturated heterocycles. The molecule has 1 unspecified atom stereocenters. The number of rotatable bonds is 6. The first-order valence-electron chi connectivity index (χ1n) is 6.86. The maximum atomic E-state index is 12.1. The second-order valence-corrected chi connectivity index (χ2v) is 5.80. The van der Waals surface area contributed by atoms with Gasteiger partial charge in [-0.2, -0.15) is 0 Å². The van der Waals surface area contributed by atoms with Gasteiger partial charge in [-0.1, -0.05) is 6.92 Å². The van der Waals surface area contributed by atoms with E-state index in [9.17, 15) is 13.2 Å². The van der Waals surface area contributed by atoms with Gasteiger partial charge in [0.25, 0.3) is 0 Å². The van der Waals surface area contributed by atoms with Crippen LogP contribution in [0.25, 0.3) is 0 Å². The minimum absolute atomic E-state index is 0.0127. The van der Waals surface area contributed by atoms with Crippen molar-refractivity contribution in [3.05, 3.63) is 24.3 Å². The molecule has 120 valence electrons. The number of nitrogens with one attached hydrogen (secondary N) is 1. The van der Waals surface area contributed by atoms with Gasteiger partial charge < -0.3 is 14.8 Å². The molecule has 6 heteroatoms. The van der Waals surface area contributed by atoms with Crippen molar-refractivity contribution in [1.82, 2.24) is 5.32 Å². The minimum Gasteiger partial charge on any atom is -0.489 e. The van der Waals surface area contributed by atoms with Crippen LogP contribution in [-0.2, 0) is 0 Å². The fourth-order valence-electron chi connectivity index (χ4n) is 1.60. The quantitative estimate of drug-likeness (QED) is 0.857. The van der Waals surface area contributed by atoms with Gasteiger partial charge in [0, 0.05) is 12.1 Å². The first kappa shape index (κ1) is 17.6. The lowest BCUT2D eigenvalue weighted by Crippen LogP contribution is -2.42. The van der Waals surface area contributed by atoms with Crippen molar-refractivity contribution >= 4 is 0 Å². The second kappa shape index (κ2) is 7.02. The van der Waals surface area contributed by atoms with E-state index in [1.165, 1.54) is 24.3 Å².